The third kappa shape index (κ3) is 4.72. The number of amides is 1. The summed E-state index contributed by atoms with van der Waals surface area (Å²) in [5.74, 6) is 0.107. The fourth-order valence-corrected chi connectivity index (χ4v) is 3.39. The second kappa shape index (κ2) is 9.52. The first kappa shape index (κ1) is 20.2. The monoisotopic (exact) mass is 390 g/mol. The van der Waals surface area contributed by atoms with Gasteiger partial charge >= 0.3 is 0 Å². The lowest BCUT2D eigenvalue weighted by atomic mass is 10.2. The molecular formula is C19H23ClN4OS. The first-order valence-corrected chi connectivity index (χ1v) is 9.19. The van der Waals surface area contributed by atoms with E-state index in [0.29, 0.717) is 25.9 Å². The van der Waals surface area contributed by atoms with Gasteiger partial charge in [0.15, 0.2) is 0 Å². The zero-order valence-corrected chi connectivity index (χ0v) is 16.3. The molecule has 0 aliphatic heterocycles. The number of nitrogens with two attached hydrogens (primary N) is 1. The number of nitrogens with zero attached hydrogens (tertiary/aromatic N) is 3. The van der Waals surface area contributed by atoms with Crippen LogP contribution in [0, 0.1) is 0 Å². The zero-order chi connectivity index (χ0) is 17.6. The highest BCUT2D eigenvalue weighted by molar-refractivity contribution is 7.13. The minimum Gasteiger partial charge on any atom is -0.341 e. The second-order valence-corrected chi connectivity index (χ2v) is 6.85. The summed E-state index contributed by atoms with van der Waals surface area (Å²) in [7, 11) is 1.83. The number of benzene rings is 1. The lowest BCUT2D eigenvalue weighted by Gasteiger charge is -2.16. The van der Waals surface area contributed by atoms with Gasteiger partial charge in [0.25, 0.3) is 0 Å². The molecule has 1 amide bonds. The van der Waals surface area contributed by atoms with Crippen LogP contribution in [-0.2, 0) is 11.3 Å². The molecule has 1 aromatic carbocycles. The van der Waals surface area contributed by atoms with Crippen LogP contribution < -0.4 is 5.73 Å². The van der Waals surface area contributed by atoms with Gasteiger partial charge in [-0.2, -0.15) is 5.10 Å². The first-order chi connectivity index (χ1) is 12.2. The summed E-state index contributed by atoms with van der Waals surface area (Å²) in [5, 5.41) is 6.81. The van der Waals surface area contributed by atoms with Crippen LogP contribution in [0.4, 0.5) is 0 Å². The Morgan fingerprint density at radius 3 is 2.65 bits per heavy atom. The smallest absolute Gasteiger partial charge is 0.222 e. The molecule has 3 rings (SSSR count). The van der Waals surface area contributed by atoms with Crippen molar-refractivity contribution in [3.63, 3.8) is 0 Å². The number of carbonyl (C=O) groups is 1. The summed E-state index contributed by atoms with van der Waals surface area (Å²) >= 11 is 1.65. The highest BCUT2D eigenvalue weighted by Crippen LogP contribution is 2.28. The molecule has 2 N–H and O–H groups in total. The maximum Gasteiger partial charge on any atom is 0.222 e. The molecule has 7 heteroatoms. The number of thiophene rings is 1. The molecule has 0 saturated carbocycles. The molecule has 138 valence electrons. The molecule has 3 aromatic rings. The van der Waals surface area contributed by atoms with E-state index in [1.807, 2.05) is 59.7 Å². The van der Waals surface area contributed by atoms with E-state index in [1.165, 1.54) is 0 Å². The Kier molecular flexibility index (Phi) is 7.38. The predicted octanol–water partition coefficient (Wildman–Crippen LogP) is 3.72. The van der Waals surface area contributed by atoms with Crippen molar-refractivity contribution in [1.82, 2.24) is 14.7 Å². The Morgan fingerprint density at radius 1 is 1.23 bits per heavy atom. The van der Waals surface area contributed by atoms with E-state index in [1.54, 1.807) is 16.2 Å². The fourth-order valence-electron chi connectivity index (χ4n) is 2.65. The molecule has 0 bridgehead atoms. The molecule has 0 fully saturated rings. The van der Waals surface area contributed by atoms with Gasteiger partial charge in [-0.3, -0.25) is 4.79 Å². The molecule has 0 aliphatic carbocycles. The molecule has 26 heavy (non-hydrogen) atoms. The largest absolute Gasteiger partial charge is 0.341 e. The van der Waals surface area contributed by atoms with Gasteiger partial charge in [-0.05, 0) is 36.5 Å². The van der Waals surface area contributed by atoms with Gasteiger partial charge in [0, 0.05) is 31.8 Å². The second-order valence-electron chi connectivity index (χ2n) is 5.90. The highest BCUT2D eigenvalue weighted by atomic mass is 35.5. The molecule has 2 aromatic heterocycles. The van der Waals surface area contributed by atoms with E-state index >= 15 is 0 Å². The van der Waals surface area contributed by atoms with Gasteiger partial charge in [-0.1, -0.05) is 24.3 Å². The Balaban J connectivity index is 0.00000243. The number of aromatic nitrogens is 2. The van der Waals surface area contributed by atoms with Crippen molar-refractivity contribution in [1.29, 1.82) is 0 Å². The van der Waals surface area contributed by atoms with Crippen molar-refractivity contribution in [3.05, 3.63) is 59.6 Å². The molecule has 5 nitrogen and oxygen atoms in total. The van der Waals surface area contributed by atoms with Crippen molar-refractivity contribution >= 4 is 29.7 Å². The quantitative estimate of drug-likeness (QED) is 0.668. The zero-order valence-electron chi connectivity index (χ0n) is 14.7. The van der Waals surface area contributed by atoms with Crippen LogP contribution in [0.1, 0.15) is 18.4 Å². The van der Waals surface area contributed by atoms with E-state index < -0.39 is 0 Å². The van der Waals surface area contributed by atoms with Crippen LogP contribution in [0.2, 0.25) is 0 Å². The van der Waals surface area contributed by atoms with E-state index in [4.69, 9.17) is 10.8 Å². The lowest BCUT2D eigenvalue weighted by molar-refractivity contribution is -0.130. The van der Waals surface area contributed by atoms with Crippen LogP contribution in [0.5, 0.6) is 0 Å². The summed E-state index contributed by atoms with van der Waals surface area (Å²) in [6, 6.07) is 14.1. The van der Waals surface area contributed by atoms with E-state index in [0.717, 1.165) is 21.8 Å². The first-order valence-electron chi connectivity index (χ1n) is 8.31. The highest BCUT2D eigenvalue weighted by Gasteiger charge is 2.17. The number of hydrogen-bond acceptors (Lipinski definition) is 4. The number of rotatable bonds is 7. The van der Waals surface area contributed by atoms with Crippen molar-refractivity contribution in [3.8, 4) is 16.3 Å². The lowest BCUT2D eigenvalue weighted by Crippen LogP contribution is -2.26. The standard InChI is InChI=1S/C19H22N4OS.ClH/c1-22(18(24)10-5-11-20)13-15-14-23(16-7-3-2-4-8-16)21-19(15)17-9-6-12-25-17;/h2-4,6-9,12,14H,5,10-11,13,20H2,1H3;1H. The van der Waals surface area contributed by atoms with Crippen LogP contribution in [0.25, 0.3) is 16.3 Å². The number of carbonyl (C=O) groups excluding carboxylic acids is 1. The summed E-state index contributed by atoms with van der Waals surface area (Å²) < 4.78 is 1.88. The summed E-state index contributed by atoms with van der Waals surface area (Å²) in [6.45, 7) is 1.06. The van der Waals surface area contributed by atoms with Crippen molar-refractivity contribution in [2.24, 2.45) is 5.73 Å². The molecule has 0 radical (unpaired) electrons. The number of para-hydroxylation sites is 1. The van der Waals surface area contributed by atoms with Crippen LogP contribution in [-0.4, -0.2) is 34.2 Å². The maximum atomic E-state index is 12.2. The number of hydrogen-bond donors (Lipinski definition) is 1. The van der Waals surface area contributed by atoms with Gasteiger partial charge in [0.2, 0.25) is 5.91 Å². The SMILES string of the molecule is CN(Cc1cn(-c2ccccc2)nc1-c1cccs1)C(=O)CCCN.Cl. The van der Waals surface area contributed by atoms with Gasteiger partial charge in [0.05, 0.1) is 10.6 Å². The van der Waals surface area contributed by atoms with Crippen LogP contribution in [0.15, 0.2) is 54.0 Å². The van der Waals surface area contributed by atoms with E-state index in [-0.39, 0.29) is 18.3 Å². The van der Waals surface area contributed by atoms with E-state index in [9.17, 15) is 4.79 Å². The molecule has 0 aliphatic rings. The summed E-state index contributed by atoms with van der Waals surface area (Å²) in [6.07, 6.45) is 3.20. The Hall–Kier alpha value is -2.15. The van der Waals surface area contributed by atoms with Crippen molar-refractivity contribution < 1.29 is 4.79 Å². The predicted molar refractivity (Wildman–Crippen MR) is 109 cm³/mol. The summed E-state index contributed by atoms with van der Waals surface area (Å²) in [4.78, 5) is 15.1. The fraction of sp³-hybridized carbons (Fsp3) is 0.263. The van der Waals surface area contributed by atoms with Crippen molar-refractivity contribution in [2.45, 2.75) is 19.4 Å². The molecular weight excluding hydrogens is 368 g/mol. The van der Waals surface area contributed by atoms with Gasteiger partial charge in [-0.25, -0.2) is 4.68 Å². The Morgan fingerprint density at radius 2 is 2.00 bits per heavy atom. The molecule has 2 heterocycles. The molecule has 0 atom stereocenters. The van der Waals surface area contributed by atoms with Crippen molar-refractivity contribution in [2.75, 3.05) is 13.6 Å². The Labute approximate surface area is 163 Å². The Bertz CT molecular complexity index is 817. The average Bonchev–Trinajstić information content (AvgIpc) is 3.30. The molecule has 0 spiro atoms. The molecule has 0 unspecified atom stereocenters. The van der Waals surface area contributed by atoms with Gasteiger partial charge in [0.1, 0.15) is 5.69 Å². The summed E-state index contributed by atoms with van der Waals surface area (Å²) in [5.41, 5.74) is 8.47. The minimum absolute atomic E-state index is 0. The maximum absolute atomic E-state index is 12.2. The topological polar surface area (TPSA) is 64.2 Å². The third-order valence-electron chi connectivity index (χ3n) is 3.99. The van der Waals surface area contributed by atoms with Gasteiger partial charge < -0.3 is 10.6 Å². The normalized spacial score (nSPS) is 10.4. The average molecular weight is 391 g/mol. The van der Waals surface area contributed by atoms with Crippen LogP contribution in [0.3, 0.4) is 0 Å². The van der Waals surface area contributed by atoms with Crippen LogP contribution >= 0.6 is 23.7 Å². The number of halogens is 1. The van der Waals surface area contributed by atoms with E-state index in [2.05, 4.69) is 6.07 Å². The minimum atomic E-state index is 0. The molecule has 0 saturated heterocycles. The van der Waals surface area contributed by atoms with Gasteiger partial charge in [-0.15, -0.1) is 23.7 Å². The third-order valence-corrected chi connectivity index (χ3v) is 4.87.